The van der Waals surface area contributed by atoms with Crippen molar-refractivity contribution >= 4 is 29.2 Å². The molecule has 3 rings (SSSR count). The molecule has 0 amide bonds. The van der Waals surface area contributed by atoms with E-state index in [1.54, 1.807) is 24.4 Å². The van der Waals surface area contributed by atoms with Crippen LogP contribution >= 0.6 is 23.2 Å². The summed E-state index contributed by atoms with van der Waals surface area (Å²) in [7, 11) is 1.37. The Balaban J connectivity index is 1.91. The molecule has 0 aliphatic carbocycles. The minimum atomic E-state index is -0.354. The van der Waals surface area contributed by atoms with Gasteiger partial charge in [0.15, 0.2) is 0 Å². The maximum absolute atomic E-state index is 11.7. The van der Waals surface area contributed by atoms with E-state index >= 15 is 0 Å². The van der Waals surface area contributed by atoms with E-state index in [-0.39, 0.29) is 5.97 Å². The Morgan fingerprint density at radius 2 is 2.00 bits per heavy atom. The summed E-state index contributed by atoms with van der Waals surface area (Å²) in [5.41, 5.74) is 2.36. The number of carbonyl (C=O) groups excluding carboxylic acids is 1. The van der Waals surface area contributed by atoms with Crippen molar-refractivity contribution in [2.45, 2.75) is 6.54 Å². The summed E-state index contributed by atoms with van der Waals surface area (Å²) >= 11 is 12.1. The van der Waals surface area contributed by atoms with Gasteiger partial charge in [-0.1, -0.05) is 35.3 Å². The Morgan fingerprint density at radius 1 is 1.17 bits per heavy atom. The number of hydrogen-bond acceptors (Lipinski definition) is 3. The summed E-state index contributed by atoms with van der Waals surface area (Å²) < 4.78 is 6.74. The molecule has 4 nitrogen and oxygen atoms in total. The fraction of sp³-hybridized carbons (Fsp3) is 0.111. The highest BCUT2D eigenvalue weighted by atomic mass is 35.5. The number of methoxy groups -OCH3 is 1. The molecule has 0 radical (unpaired) electrons. The molecule has 1 aromatic heterocycles. The van der Waals surface area contributed by atoms with Crippen LogP contribution in [0.25, 0.3) is 11.4 Å². The minimum Gasteiger partial charge on any atom is -0.465 e. The smallest absolute Gasteiger partial charge is 0.337 e. The van der Waals surface area contributed by atoms with E-state index in [0.717, 1.165) is 17.0 Å². The first-order chi connectivity index (χ1) is 11.6. The molecule has 0 aliphatic rings. The highest BCUT2D eigenvalue weighted by Crippen LogP contribution is 2.28. The largest absolute Gasteiger partial charge is 0.465 e. The van der Waals surface area contributed by atoms with E-state index in [0.29, 0.717) is 22.2 Å². The van der Waals surface area contributed by atoms with Gasteiger partial charge >= 0.3 is 5.97 Å². The lowest BCUT2D eigenvalue weighted by Crippen LogP contribution is -2.05. The van der Waals surface area contributed by atoms with Gasteiger partial charge in [-0.15, -0.1) is 0 Å². The van der Waals surface area contributed by atoms with Gasteiger partial charge in [0.1, 0.15) is 5.82 Å². The first kappa shape index (κ1) is 16.6. The van der Waals surface area contributed by atoms with E-state index in [1.807, 2.05) is 35.0 Å². The predicted octanol–water partition coefficient (Wildman–Crippen LogP) is 4.69. The average Bonchev–Trinajstić information content (AvgIpc) is 3.05. The standard InChI is InChI=1S/C18H14Cl2N2O2/c1-24-18(23)14-4-2-3-12(9-14)11-22-8-7-21-17(22)13-5-6-15(19)16(20)10-13/h2-10H,11H2,1H3. The van der Waals surface area contributed by atoms with E-state index in [2.05, 4.69) is 4.98 Å². The maximum atomic E-state index is 11.7. The van der Waals surface area contributed by atoms with Crippen molar-refractivity contribution in [2.24, 2.45) is 0 Å². The number of imidazole rings is 1. The molecule has 0 atom stereocenters. The monoisotopic (exact) mass is 360 g/mol. The highest BCUT2D eigenvalue weighted by Gasteiger charge is 2.10. The molecule has 0 bridgehead atoms. The van der Waals surface area contributed by atoms with Crippen LogP contribution in [0.2, 0.25) is 10.0 Å². The number of hydrogen-bond donors (Lipinski definition) is 0. The van der Waals surface area contributed by atoms with Gasteiger partial charge in [-0.3, -0.25) is 0 Å². The van der Waals surface area contributed by atoms with Crippen LogP contribution in [0.1, 0.15) is 15.9 Å². The van der Waals surface area contributed by atoms with Crippen LogP contribution in [0.5, 0.6) is 0 Å². The SMILES string of the molecule is COC(=O)c1cccc(Cn2ccnc2-c2ccc(Cl)c(Cl)c2)c1. The molecule has 0 saturated carbocycles. The zero-order valence-electron chi connectivity index (χ0n) is 12.9. The normalized spacial score (nSPS) is 10.6. The van der Waals surface area contributed by atoms with Crippen molar-refractivity contribution in [3.8, 4) is 11.4 Å². The third kappa shape index (κ3) is 3.45. The first-order valence-corrected chi connectivity index (χ1v) is 7.98. The molecule has 0 fully saturated rings. The Bertz CT molecular complexity index is 890. The topological polar surface area (TPSA) is 44.1 Å². The van der Waals surface area contributed by atoms with E-state index in [9.17, 15) is 4.79 Å². The first-order valence-electron chi connectivity index (χ1n) is 7.22. The van der Waals surface area contributed by atoms with Crippen LogP contribution in [0.15, 0.2) is 54.9 Å². The molecule has 0 aliphatic heterocycles. The zero-order valence-corrected chi connectivity index (χ0v) is 14.4. The zero-order chi connectivity index (χ0) is 17.1. The van der Waals surface area contributed by atoms with E-state index < -0.39 is 0 Å². The highest BCUT2D eigenvalue weighted by molar-refractivity contribution is 6.42. The third-order valence-corrected chi connectivity index (χ3v) is 4.33. The van der Waals surface area contributed by atoms with Crippen molar-refractivity contribution in [3.63, 3.8) is 0 Å². The second-order valence-electron chi connectivity index (χ2n) is 5.20. The summed E-state index contributed by atoms with van der Waals surface area (Å²) in [6, 6.07) is 12.7. The van der Waals surface area contributed by atoms with Crippen LogP contribution < -0.4 is 0 Å². The summed E-state index contributed by atoms with van der Waals surface area (Å²) in [4.78, 5) is 16.1. The van der Waals surface area contributed by atoms with E-state index in [1.165, 1.54) is 7.11 Å². The van der Waals surface area contributed by atoms with E-state index in [4.69, 9.17) is 27.9 Å². The minimum absolute atomic E-state index is 0.354. The van der Waals surface area contributed by atoms with Crippen molar-refractivity contribution in [3.05, 3.63) is 76.0 Å². The molecular weight excluding hydrogens is 347 g/mol. The lowest BCUT2D eigenvalue weighted by Gasteiger charge is -2.10. The summed E-state index contributed by atoms with van der Waals surface area (Å²) in [5, 5.41) is 0.987. The fourth-order valence-electron chi connectivity index (χ4n) is 2.44. The van der Waals surface area contributed by atoms with Gasteiger partial charge in [-0.2, -0.15) is 0 Å². The van der Waals surface area contributed by atoms with Crippen LogP contribution in [0, 0.1) is 0 Å². The van der Waals surface area contributed by atoms with Crippen molar-refractivity contribution in [1.29, 1.82) is 0 Å². The molecule has 0 N–H and O–H groups in total. The Labute approximate surface area is 149 Å². The molecule has 24 heavy (non-hydrogen) atoms. The number of aromatic nitrogens is 2. The van der Waals surface area contributed by atoms with Crippen LogP contribution in [0.4, 0.5) is 0 Å². The summed E-state index contributed by atoms with van der Waals surface area (Å²) in [6.45, 7) is 0.570. The summed E-state index contributed by atoms with van der Waals surface area (Å²) in [6.07, 6.45) is 3.60. The van der Waals surface area contributed by atoms with Gasteiger partial charge in [0.2, 0.25) is 0 Å². The van der Waals surface area contributed by atoms with Gasteiger partial charge in [-0.25, -0.2) is 9.78 Å². The predicted molar refractivity (Wildman–Crippen MR) is 94.6 cm³/mol. The molecule has 3 aromatic rings. The van der Waals surface area contributed by atoms with Gasteiger partial charge < -0.3 is 9.30 Å². The molecule has 122 valence electrons. The van der Waals surface area contributed by atoms with Crippen LogP contribution in [-0.2, 0) is 11.3 Å². The molecule has 0 saturated heterocycles. The Hall–Kier alpha value is -2.30. The second-order valence-corrected chi connectivity index (χ2v) is 6.01. The van der Waals surface area contributed by atoms with Crippen LogP contribution in [-0.4, -0.2) is 22.6 Å². The molecule has 2 aromatic carbocycles. The van der Waals surface area contributed by atoms with Crippen molar-refractivity contribution in [2.75, 3.05) is 7.11 Å². The number of carbonyl (C=O) groups is 1. The maximum Gasteiger partial charge on any atom is 0.337 e. The number of esters is 1. The molecule has 0 unspecified atom stereocenters. The number of benzene rings is 2. The van der Waals surface area contributed by atoms with Crippen molar-refractivity contribution < 1.29 is 9.53 Å². The molecule has 1 heterocycles. The average molecular weight is 361 g/mol. The second kappa shape index (κ2) is 7.07. The number of rotatable bonds is 4. The lowest BCUT2D eigenvalue weighted by molar-refractivity contribution is 0.0600. The number of halogens is 2. The van der Waals surface area contributed by atoms with Crippen molar-refractivity contribution in [1.82, 2.24) is 9.55 Å². The van der Waals surface area contributed by atoms with Gasteiger partial charge in [0, 0.05) is 24.5 Å². The van der Waals surface area contributed by atoms with Gasteiger partial charge in [0.25, 0.3) is 0 Å². The Morgan fingerprint density at radius 3 is 2.75 bits per heavy atom. The fourth-order valence-corrected chi connectivity index (χ4v) is 2.74. The third-order valence-electron chi connectivity index (χ3n) is 3.59. The summed E-state index contributed by atoms with van der Waals surface area (Å²) in [5.74, 6) is 0.421. The lowest BCUT2D eigenvalue weighted by atomic mass is 10.1. The Kier molecular flexibility index (Phi) is 4.88. The number of ether oxygens (including phenoxy) is 1. The van der Waals surface area contributed by atoms with Gasteiger partial charge in [-0.05, 0) is 35.9 Å². The molecule has 6 heteroatoms. The number of nitrogens with zero attached hydrogens (tertiary/aromatic N) is 2. The molecule has 0 spiro atoms. The quantitative estimate of drug-likeness (QED) is 0.633. The van der Waals surface area contributed by atoms with Crippen LogP contribution in [0.3, 0.4) is 0 Å². The van der Waals surface area contributed by atoms with Gasteiger partial charge in [0.05, 0.1) is 22.7 Å². The molecular formula is C18H14Cl2N2O2.